The van der Waals surface area contributed by atoms with Gasteiger partial charge >= 0.3 is 0 Å². The second-order valence-corrected chi connectivity index (χ2v) is 4.97. The van der Waals surface area contributed by atoms with E-state index < -0.39 is 0 Å². The third-order valence-electron chi connectivity index (χ3n) is 3.80. The zero-order valence-electron chi connectivity index (χ0n) is 9.54. The van der Waals surface area contributed by atoms with Gasteiger partial charge in [-0.15, -0.1) is 0 Å². The van der Waals surface area contributed by atoms with Crippen LogP contribution in [0.25, 0.3) is 0 Å². The number of rotatable bonds is 4. The Kier molecular flexibility index (Phi) is 4.18. The lowest BCUT2D eigenvalue weighted by Crippen LogP contribution is -2.19. The Hall–Kier alpha value is -0.370. The van der Waals surface area contributed by atoms with Gasteiger partial charge in [-0.05, 0) is 32.1 Å². The molecule has 1 unspecified atom stereocenters. The zero-order valence-corrected chi connectivity index (χ0v) is 9.54. The number of ether oxygens (including phenoxy) is 1. The smallest absolute Gasteiger partial charge is 0.136 e. The Morgan fingerprint density at radius 2 is 1.87 bits per heavy atom. The standard InChI is InChI=1S/C13H22O2/c14-13(11-5-2-1-3-6-11)9-8-12-7-4-10-15-12/h11-12H,1-10H2. The van der Waals surface area contributed by atoms with Crippen LogP contribution in [0.5, 0.6) is 0 Å². The van der Waals surface area contributed by atoms with E-state index >= 15 is 0 Å². The lowest BCUT2D eigenvalue weighted by atomic mass is 9.84. The molecule has 1 saturated heterocycles. The van der Waals surface area contributed by atoms with Crippen LogP contribution < -0.4 is 0 Å². The van der Waals surface area contributed by atoms with Gasteiger partial charge in [0, 0.05) is 18.9 Å². The van der Waals surface area contributed by atoms with Gasteiger partial charge in [-0.3, -0.25) is 4.79 Å². The van der Waals surface area contributed by atoms with Crippen molar-refractivity contribution >= 4 is 5.78 Å². The topological polar surface area (TPSA) is 26.3 Å². The van der Waals surface area contributed by atoms with Crippen LogP contribution in [-0.2, 0) is 9.53 Å². The molecule has 1 saturated carbocycles. The van der Waals surface area contributed by atoms with Crippen LogP contribution in [0, 0.1) is 5.92 Å². The summed E-state index contributed by atoms with van der Waals surface area (Å²) in [6.45, 7) is 0.905. The maximum atomic E-state index is 11.9. The van der Waals surface area contributed by atoms with Gasteiger partial charge in [0.25, 0.3) is 0 Å². The van der Waals surface area contributed by atoms with Crippen molar-refractivity contribution in [2.45, 2.75) is 63.9 Å². The van der Waals surface area contributed by atoms with Crippen LogP contribution in [0.2, 0.25) is 0 Å². The van der Waals surface area contributed by atoms with Crippen molar-refractivity contribution < 1.29 is 9.53 Å². The van der Waals surface area contributed by atoms with Crippen molar-refractivity contribution in [2.75, 3.05) is 6.61 Å². The van der Waals surface area contributed by atoms with E-state index in [2.05, 4.69) is 0 Å². The minimum absolute atomic E-state index is 0.387. The molecule has 0 aromatic rings. The second kappa shape index (κ2) is 5.64. The van der Waals surface area contributed by atoms with Gasteiger partial charge in [0.1, 0.15) is 5.78 Å². The molecule has 0 radical (unpaired) electrons. The number of carbonyl (C=O) groups excluding carboxylic acids is 1. The van der Waals surface area contributed by atoms with Crippen molar-refractivity contribution in [3.63, 3.8) is 0 Å². The molecule has 0 N–H and O–H groups in total. The van der Waals surface area contributed by atoms with E-state index in [-0.39, 0.29) is 0 Å². The number of ketones is 1. The average Bonchev–Trinajstić information content (AvgIpc) is 2.80. The Morgan fingerprint density at radius 3 is 2.53 bits per heavy atom. The van der Waals surface area contributed by atoms with Crippen LogP contribution in [0.3, 0.4) is 0 Å². The summed E-state index contributed by atoms with van der Waals surface area (Å²) in [6.07, 6.45) is 10.6. The SMILES string of the molecule is O=C(CCC1CCCO1)C1CCCCC1. The Labute approximate surface area is 92.4 Å². The molecule has 2 fully saturated rings. The third kappa shape index (κ3) is 3.30. The Bertz CT molecular complexity index is 201. The van der Waals surface area contributed by atoms with Gasteiger partial charge in [-0.1, -0.05) is 19.3 Å². The molecule has 2 heteroatoms. The van der Waals surface area contributed by atoms with Crippen LogP contribution >= 0.6 is 0 Å². The van der Waals surface area contributed by atoms with Crippen LogP contribution in [0.15, 0.2) is 0 Å². The van der Waals surface area contributed by atoms with Crippen LogP contribution in [-0.4, -0.2) is 18.5 Å². The summed E-state index contributed by atoms with van der Waals surface area (Å²) in [6, 6.07) is 0. The number of hydrogen-bond donors (Lipinski definition) is 0. The number of Topliss-reactive ketones (excluding diaryl/α,β-unsaturated/α-hetero) is 1. The summed E-state index contributed by atoms with van der Waals surface area (Å²) in [5.74, 6) is 0.894. The third-order valence-corrected chi connectivity index (χ3v) is 3.80. The summed E-state index contributed by atoms with van der Waals surface area (Å²) in [7, 11) is 0. The van der Waals surface area contributed by atoms with E-state index in [1.165, 1.54) is 25.7 Å². The van der Waals surface area contributed by atoms with Crippen molar-refractivity contribution in [3.8, 4) is 0 Å². The van der Waals surface area contributed by atoms with E-state index in [0.717, 1.165) is 38.7 Å². The van der Waals surface area contributed by atoms with Gasteiger partial charge < -0.3 is 4.74 Å². The molecule has 0 aromatic carbocycles. The molecule has 0 bridgehead atoms. The first-order valence-corrected chi connectivity index (χ1v) is 6.50. The molecular weight excluding hydrogens is 188 g/mol. The first-order chi connectivity index (χ1) is 7.36. The van der Waals surface area contributed by atoms with Gasteiger partial charge in [-0.25, -0.2) is 0 Å². The molecule has 0 aromatic heterocycles. The van der Waals surface area contributed by atoms with Gasteiger partial charge in [0.15, 0.2) is 0 Å². The molecule has 15 heavy (non-hydrogen) atoms. The Balaban J connectivity index is 1.66. The average molecular weight is 210 g/mol. The molecule has 0 spiro atoms. The molecular formula is C13H22O2. The fourth-order valence-electron chi connectivity index (χ4n) is 2.80. The van der Waals surface area contributed by atoms with E-state index in [0.29, 0.717) is 17.8 Å². The molecule has 2 rings (SSSR count). The molecule has 2 nitrogen and oxygen atoms in total. The van der Waals surface area contributed by atoms with Gasteiger partial charge in [-0.2, -0.15) is 0 Å². The van der Waals surface area contributed by atoms with Crippen LogP contribution in [0.1, 0.15) is 57.8 Å². The summed E-state index contributed by atoms with van der Waals surface area (Å²) < 4.78 is 5.54. The summed E-state index contributed by atoms with van der Waals surface area (Å²) in [5.41, 5.74) is 0. The molecule has 1 heterocycles. The maximum absolute atomic E-state index is 11.9. The van der Waals surface area contributed by atoms with Crippen molar-refractivity contribution in [3.05, 3.63) is 0 Å². The summed E-state index contributed by atoms with van der Waals surface area (Å²) in [5, 5.41) is 0. The largest absolute Gasteiger partial charge is 0.378 e. The quantitative estimate of drug-likeness (QED) is 0.712. The highest BCUT2D eigenvalue weighted by Gasteiger charge is 2.23. The lowest BCUT2D eigenvalue weighted by Gasteiger charge is -2.20. The van der Waals surface area contributed by atoms with E-state index in [1.807, 2.05) is 0 Å². The fourth-order valence-corrected chi connectivity index (χ4v) is 2.80. The molecule has 1 aliphatic heterocycles. The van der Waals surface area contributed by atoms with Crippen molar-refractivity contribution in [1.29, 1.82) is 0 Å². The summed E-state index contributed by atoms with van der Waals surface area (Å²) >= 11 is 0. The number of hydrogen-bond acceptors (Lipinski definition) is 2. The van der Waals surface area contributed by atoms with Gasteiger partial charge in [0.05, 0.1) is 6.10 Å². The minimum Gasteiger partial charge on any atom is -0.378 e. The molecule has 86 valence electrons. The predicted octanol–water partition coefficient (Wildman–Crippen LogP) is 3.10. The molecule has 0 amide bonds. The predicted molar refractivity (Wildman–Crippen MR) is 59.8 cm³/mol. The maximum Gasteiger partial charge on any atom is 0.136 e. The first kappa shape index (κ1) is 11.1. The fraction of sp³-hybridized carbons (Fsp3) is 0.923. The highest BCUT2D eigenvalue weighted by Crippen LogP contribution is 2.26. The molecule has 1 aliphatic carbocycles. The van der Waals surface area contributed by atoms with Crippen molar-refractivity contribution in [1.82, 2.24) is 0 Å². The highest BCUT2D eigenvalue weighted by molar-refractivity contribution is 5.81. The van der Waals surface area contributed by atoms with Crippen molar-refractivity contribution in [2.24, 2.45) is 5.92 Å². The zero-order chi connectivity index (χ0) is 10.5. The number of carbonyl (C=O) groups is 1. The highest BCUT2D eigenvalue weighted by atomic mass is 16.5. The first-order valence-electron chi connectivity index (χ1n) is 6.50. The Morgan fingerprint density at radius 1 is 1.07 bits per heavy atom. The van der Waals surface area contributed by atoms with Gasteiger partial charge in [0.2, 0.25) is 0 Å². The van der Waals surface area contributed by atoms with E-state index in [4.69, 9.17) is 4.74 Å². The minimum atomic E-state index is 0.387. The normalized spacial score (nSPS) is 28.1. The van der Waals surface area contributed by atoms with E-state index in [9.17, 15) is 4.79 Å². The second-order valence-electron chi connectivity index (χ2n) is 4.97. The monoisotopic (exact) mass is 210 g/mol. The molecule has 2 aliphatic rings. The molecule has 1 atom stereocenters. The lowest BCUT2D eigenvalue weighted by molar-refractivity contribution is -0.124. The van der Waals surface area contributed by atoms with Crippen LogP contribution in [0.4, 0.5) is 0 Å². The summed E-state index contributed by atoms with van der Waals surface area (Å²) in [4.78, 5) is 11.9. The van der Waals surface area contributed by atoms with E-state index in [1.54, 1.807) is 0 Å².